The molecule has 0 aliphatic heterocycles. The molecule has 0 saturated carbocycles. The van der Waals surface area contributed by atoms with Gasteiger partial charge < -0.3 is 19.4 Å². The lowest BCUT2D eigenvalue weighted by Gasteiger charge is -2.13. The van der Waals surface area contributed by atoms with Gasteiger partial charge in [-0.1, -0.05) is 62.7 Å². The highest BCUT2D eigenvalue weighted by atomic mass is 16.5. The van der Waals surface area contributed by atoms with Crippen molar-refractivity contribution < 1.29 is 14.3 Å². The van der Waals surface area contributed by atoms with Gasteiger partial charge in [0.25, 0.3) is 5.91 Å². The molecule has 200 valence electrons. The third-order valence-corrected chi connectivity index (χ3v) is 6.89. The maximum Gasteiger partial charge on any atom is 0.257 e. The zero-order chi connectivity index (χ0) is 26.6. The third kappa shape index (κ3) is 7.85. The molecule has 0 spiro atoms. The number of rotatable bonds is 15. The van der Waals surface area contributed by atoms with E-state index in [2.05, 4.69) is 66.2 Å². The number of amides is 1. The van der Waals surface area contributed by atoms with Gasteiger partial charge in [0.1, 0.15) is 23.9 Å². The Morgan fingerprint density at radius 3 is 2.42 bits per heavy atom. The van der Waals surface area contributed by atoms with Crippen LogP contribution < -0.4 is 14.8 Å². The summed E-state index contributed by atoms with van der Waals surface area (Å²) in [6.45, 7) is 6.49. The Bertz CT molecular complexity index is 1270. The second-order valence-electron chi connectivity index (χ2n) is 9.66. The first-order valence-electron chi connectivity index (χ1n) is 13.8. The van der Waals surface area contributed by atoms with Crippen LogP contribution >= 0.6 is 0 Å². The number of unbranched alkanes of at least 4 members (excludes halogenated alkanes) is 2. The second-order valence-corrected chi connectivity index (χ2v) is 9.66. The number of aryl methyl sites for hydroxylation is 1. The molecular formula is C32H39N3O3. The quantitative estimate of drug-likeness (QED) is 0.183. The summed E-state index contributed by atoms with van der Waals surface area (Å²) < 4.78 is 13.9. The highest BCUT2D eigenvalue weighted by molar-refractivity contribution is 5.77. The maximum absolute atomic E-state index is 12.0. The third-order valence-electron chi connectivity index (χ3n) is 6.89. The summed E-state index contributed by atoms with van der Waals surface area (Å²) in [6.07, 6.45) is 4.98. The molecule has 4 aromatic rings. The van der Waals surface area contributed by atoms with Crippen LogP contribution in [0, 0.1) is 0 Å². The first-order valence-corrected chi connectivity index (χ1v) is 13.8. The lowest BCUT2D eigenvalue weighted by atomic mass is 9.99. The summed E-state index contributed by atoms with van der Waals surface area (Å²) in [6, 6.07) is 26.1. The van der Waals surface area contributed by atoms with Gasteiger partial charge in [0.15, 0.2) is 6.61 Å². The van der Waals surface area contributed by atoms with E-state index in [1.54, 1.807) is 0 Å². The molecular weight excluding hydrogens is 474 g/mol. The minimum atomic E-state index is -0.0924. The first kappa shape index (κ1) is 27.2. The fourth-order valence-electron chi connectivity index (χ4n) is 4.48. The number of benzene rings is 3. The molecule has 0 radical (unpaired) electrons. The van der Waals surface area contributed by atoms with Gasteiger partial charge in [-0.3, -0.25) is 4.79 Å². The number of carbonyl (C=O) groups excluding carboxylic acids is 1. The van der Waals surface area contributed by atoms with Crippen LogP contribution in [0.25, 0.3) is 11.0 Å². The molecule has 4 rings (SSSR count). The normalized spacial score (nSPS) is 11.8. The molecule has 1 N–H and O–H groups in total. The van der Waals surface area contributed by atoms with Crippen molar-refractivity contribution in [1.82, 2.24) is 14.9 Å². The van der Waals surface area contributed by atoms with Crippen LogP contribution in [0.4, 0.5) is 0 Å². The minimum Gasteiger partial charge on any atom is -0.492 e. The van der Waals surface area contributed by atoms with E-state index in [4.69, 9.17) is 14.5 Å². The van der Waals surface area contributed by atoms with E-state index in [-0.39, 0.29) is 12.5 Å². The lowest BCUT2D eigenvalue weighted by molar-refractivity contribution is -0.123. The molecule has 1 heterocycles. The zero-order valence-electron chi connectivity index (χ0n) is 22.6. The van der Waals surface area contributed by atoms with Gasteiger partial charge in [0.2, 0.25) is 0 Å². The number of ether oxygens (including phenoxy) is 2. The van der Waals surface area contributed by atoms with Crippen LogP contribution in [0.3, 0.4) is 0 Å². The largest absolute Gasteiger partial charge is 0.492 e. The van der Waals surface area contributed by atoms with E-state index in [9.17, 15) is 4.79 Å². The molecule has 38 heavy (non-hydrogen) atoms. The summed E-state index contributed by atoms with van der Waals surface area (Å²) in [7, 11) is 0. The Labute approximate surface area is 226 Å². The number of carbonyl (C=O) groups is 1. The van der Waals surface area contributed by atoms with E-state index < -0.39 is 0 Å². The average molecular weight is 514 g/mol. The fraction of sp³-hybridized carbons (Fsp3) is 0.375. The number of nitrogens with one attached hydrogen (secondary N) is 1. The molecule has 1 unspecified atom stereocenters. The maximum atomic E-state index is 12.0. The molecule has 0 bridgehead atoms. The molecule has 1 aromatic heterocycles. The second kappa shape index (κ2) is 14.2. The van der Waals surface area contributed by atoms with Crippen molar-refractivity contribution in [2.45, 2.75) is 58.4 Å². The predicted molar refractivity (Wildman–Crippen MR) is 153 cm³/mol. The van der Waals surface area contributed by atoms with Gasteiger partial charge >= 0.3 is 0 Å². The Morgan fingerprint density at radius 1 is 0.895 bits per heavy atom. The number of hydrogen-bond acceptors (Lipinski definition) is 4. The molecule has 0 aliphatic rings. The van der Waals surface area contributed by atoms with Gasteiger partial charge in [-0.2, -0.15) is 0 Å². The van der Waals surface area contributed by atoms with Gasteiger partial charge in [-0.25, -0.2) is 4.98 Å². The Balaban J connectivity index is 1.21. The van der Waals surface area contributed by atoms with E-state index in [0.29, 0.717) is 24.8 Å². The van der Waals surface area contributed by atoms with Crippen molar-refractivity contribution in [1.29, 1.82) is 0 Å². The van der Waals surface area contributed by atoms with Gasteiger partial charge in [-0.05, 0) is 67.1 Å². The summed E-state index contributed by atoms with van der Waals surface area (Å²) in [5.74, 6) is 3.16. The van der Waals surface area contributed by atoms with E-state index >= 15 is 0 Å². The number of hydrogen-bond donors (Lipinski definition) is 1. The van der Waals surface area contributed by atoms with Crippen LogP contribution in [-0.2, 0) is 17.8 Å². The highest BCUT2D eigenvalue weighted by Gasteiger charge is 2.11. The smallest absolute Gasteiger partial charge is 0.257 e. The van der Waals surface area contributed by atoms with Gasteiger partial charge in [0, 0.05) is 13.0 Å². The lowest BCUT2D eigenvalue weighted by Crippen LogP contribution is -2.29. The summed E-state index contributed by atoms with van der Waals surface area (Å²) in [5, 5.41) is 2.94. The van der Waals surface area contributed by atoms with E-state index in [1.165, 1.54) is 5.56 Å². The van der Waals surface area contributed by atoms with Crippen molar-refractivity contribution in [2.75, 3.05) is 19.8 Å². The summed E-state index contributed by atoms with van der Waals surface area (Å²) in [4.78, 5) is 16.9. The van der Waals surface area contributed by atoms with Crippen molar-refractivity contribution in [3.63, 3.8) is 0 Å². The molecule has 3 aromatic carbocycles. The number of nitrogens with zero attached hydrogens (tertiary/aromatic N) is 2. The highest BCUT2D eigenvalue weighted by Crippen LogP contribution is 2.22. The van der Waals surface area contributed by atoms with E-state index in [1.807, 2.05) is 36.4 Å². The van der Waals surface area contributed by atoms with Crippen LogP contribution in [-0.4, -0.2) is 35.2 Å². The molecule has 1 amide bonds. The molecule has 6 heteroatoms. The van der Waals surface area contributed by atoms with Gasteiger partial charge in [0.05, 0.1) is 17.6 Å². The SMILES string of the molecule is CCC(C)c1ccc(OCCn2c(CCCCCNC(=O)COc3ccccc3)nc3ccccc32)cc1. The minimum absolute atomic E-state index is 0.0398. The van der Waals surface area contributed by atoms with Crippen LogP contribution in [0.1, 0.15) is 56.8 Å². The molecule has 0 fully saturated rings. The van der Waals surface area contributed by atoms with Crippen LogP contribution in [0.2, 0.25) is 0 Å². The van der Waals surface area contributed by atoms with Crippen LogP contribution in [0.5, 0.6) is 11.5 Å². The Kier molecular flexibility index (Phi) is 10.2. The number of fused-ring (bicyclic) bond motifs is 1. The summed E-state index contributed by atoms with van der Waals surface area (Å²) >= 11 is 0. The zero-order valence-corrected chi connectivity index (χ0v) is 22.6. The summed E-state index contributed by atoms with van der Waals surface area (Å²) in [5.41, 5.74) is 3.51. The fourth-order valence-corrected chi connectivity index (χ4v) is 4.48. The number of imidazole rings is 1. The van der Waals surface area contributed by atoms with Crippen molar-refractivity contribution in [3.05, 3.63) is 90.3 Å². The Morgan fingerprint density at radius 2 is 1.63 bits per heavy atom. The van der Waals surface area contributed by atoms with E-state index in [0.717, 1.165) is 61.3 Å². The molecule has 1 atom stereocenters. The molecule has 0 saturated heterocycles. The van der Waals surface area contributed by atoms with Crippen molar-refractivity contribution >= 4 is 16.9 Å². The molecule has 6 nitrogen and oxygen atoms in total. The van der Waals surface area contributed by atoms with Gasteiger partial charge in [-0.15, -0.1) is 0 Å². The predicted octanol–water partition coefficient (Wildman–Crippen LogP) is 6.54. The van der Waals surface area contributed by atoms with Crippen LogP contribution in [0.15, 0.2) is 78.9 Å². The Hall–Kier alpha value is -3.80. The first-order chi connectivity index (χ1) is 18.6. The van der Waals surface area contributed by atoms with Crippen molar-refractivity contribution in [3.8, 4) is 11.5 Å². The number of para-hydroxylation sites is 3. The molecule has 0 aliphatic carbocycles. The standard InChI is InChI=1S/C32H39N3O3/c1-3-25(2)26-17-19-28(20-18-26)37-23-22-35-30-15-10-9-14-29(30)34-31(35)16-8-5-11-21-33-32(36)24-38-27-12-6-4-7-13-27/h4,6-7,9-10,12-15,17-20,25H,3,5,8,11,16,21-24H2,1-2H3,(H,33,36). The van der Waals surface area contributed by atoms with Crippen molar-refractivity contribution in [2.24, 2.45) is 0 Å². The topological polar surface area (TPSA) is 65.4 Å². The monoisotopic (exact) mass is 513 g/mol. The number of aromatic nitrogens is 2. The average Bonchev–Trinajstić information content (AvgIpc) is 3.31.